The molecular formula is C58H62B2N2O. The summed E-state index contributed by atoms with van der Waals surface area (Å²) in [4.78, 5) is 5.35. The van der Waals surface area contributed by atoms with E-state index < -0.39 is 0 Å². The van der Waals surface area contributed by atoms with E-state index in [9.17, 15) is 0 Å². The fourth-order valence-corrected chi connectivity index (χ4v) is 11.2. The molecule has 3 nitrogen and oxygen atoms in total. The van der Waals surface area contributed by atoms with Crippen LogP contribution in [0.3, 0.4) is 0 Å². The molecule has 0 radical (unpaired) electrons. The van der Waals surface area contributed by atoms with E-state index in [-0.39, 0.29) is 35.2 Å². The Balaban J connectivity index is 1.30. The van der Waals surface area contributed by atoms with Crippen molar-refractivity contribution in [1.29, 1.82) is 0 Å². The van der Waals surface area contributed by atoms with E-state index in [4.69, 9.17) is 4.42 Å². The number of nitrogens with zero attached hydrogens (tertiary/aromatic N) is 2. The molecule has 4 aliphatic heterocycles. The maximum absolute atomic E-state index is 7.32. The van der Waals surface area contributed by atoms with Crippen LogP contribution in [0.4, 0.5) is 28.4 Å². The van der Waals surface area contributed by atoms with Crippen LogP contribution in [0.2, 0.25) is 0 Å². The molecule has 0 spiro atoms. The maximum Gasteiger partial charge on any atom is 0.329 e. The third kappa shape index (κ3) is 5.53. The van der Waals surface area contributed by atoms with Gasteiger partial charge in [-0.1, -0.05) is 156 Å². The zero-order chi connectivity index (χ0) is 44.1. The van der Waals surface area contributed by atoms with Crippen molar-refractivity contribution in [2.75, 3.05) is 9.71 Å². The van der Waals surface area contributed by atoms with Gasteiger partial charge < -0.3 is 14.1 Å². The van der Waals surface area contributed by atoms with Crippen LogP contribution in [0.5, 0.6) is 0 Å². The van der Waals surface area contributed by atoms with E-state index in [0.29, 0.717) is 0 Å². The Morgan fingerprint density at radius 2 is 1.00 bits per heavy atom. The molecule has 11 rings (SSSR count). The standard InChI is InChI=1S/C58H62B2N2O/c1-13-55(5,6)35-21-25-39(26-22-35)61-48-30-29-42-40-27-23-36(56(7,8)14-2)32-45(40)60-46-33-37(57(9,10)15-3)24-28-41(46)44-31-38(58(11,12)16-4)34-47-51(44)62(60)52(42)50(48)59(47)54-53(61)43-19-17-18-20-49(43)63-54/h17-34H,13-16H2,1-12H3. The number of fused-ring (bicyclic) bond motifs is 11. The number of furan rings is 1. The smallest absolute Gasteiger partial charge is 0.329 e. The maximum atomic E-state index is 7.32. The normalized spacial score (nSPS) is 14.8. The van der Waals surface area contributed by atoms with Crippen molar-refractivity contribution in [3.63, 3.8) is 0 Å². The molecule has 63 heavy (non-hydrogen) atoms. The van der Waals surface area contributed by atoms with Crippen LogP contribution < -0.4 is 37.2 Å². The van der Waals surface area contributed by atoms with E-state index in [1.165, 1.54) is 83.4 Å². The van der Waals surface area contributed by atoms with Gasteiger partial charge >= 0.3 is 6.85 Å². The van der Waals surface area contributed by atoms with Gasteiger partial charge in [0.05, 0.1) is 11.3 Å². The minimum Gasteiger partial charge on any atom is -0.468 e. The van der Waals surface area contributed by atoms with Crippen LogP contribution in [0.1, 0.15) is 131 Å². The average molecular weight is 825 g/mol. The van der Waals surface area contributed by atoms with Crippen molar-refractivity contribution in [1.82, 2.24) is 0 Å². The highest BCUT2D eigenvalue weighted by molar-refractivity contribution is 7.03. The quantitative estimate of drug-likeness (QED) is 0.135. The lowest BCUT2D eigenvalue weighted by Gasteiger charge is -2.51. The molecular weight excluding hydrogens is 762 g/mol. The molecule has 7 aromatic rings. The number of para-hydroxylation sites is 1. The van der Waals surface area contributed by atoms with E-state index >= 15 is 0 Å². The van der Waals surface area contributed by atoms with Crippen molar-refractivity contribution in [2.24, 2.45) is 0 Å². The number of hydrogen-bond acceptors (Lipinski definition) is 3. The molecule has 4 aliphatic rings. The zero-order valence-electron chi connectivity index (χ0n) is 39.7. The molecule has 0 aliphatic carbocycles. The first-order chi connectivity index (χ1) is 30.0. The van der Waals surface area contributed by atoms with Gasteiger partial charge in [0.2, 0.25) is 0 Å². The van der Waals surface area contributed by atoms with E-state index in [1.54, 1.807) is 0 Å². The summed E-state index contributed by atoms with van der Waals surface area (Å²) in [5.41, 5.74) is 24.8. The highest BCUT2D eigenvalue weighted by Crippen LogP contribution is 2.53. The molecule has 0 fully saturated rings. The Labute approximate surface area is 377 Å². The summed E-state index contributed by atoms with van der Waals surface area (Å²) in [6.45, 7) is 28.4. The average Bonchev–Trinajstić information content (AvgIpc) is 3.68. The molecule has 0 bridgehead atoms. The Hall–Kier alpha value is -5.41. The predicted molar refractivity (Wildman–Crippen MR) is 273 cm³/mol. The second kappa shape index (κ2) is 13.6. The summed E-state index contributed by atoms with van der Waals surface area (Å²) >= 11 is 0. The monoisotopic (exact) mass is 825 g/mol. The van der Waals surface area contributed by atoms with Crippen molar-refractivity contribution in [3.8, 4) is 22.3 Å². The first-order valence-corrected chi connectivity index (χ1v) is 23.9. The van der Waals surface area contributed by atoms with Crippen LogP contribution in [0.15, 0.2) is 114 Å². The topological polar surface area (TPSA) is 19.6 Å². The molecule has 0 atom stereocenters. The molecule has 316 valence electrons. The van der Waals surface area contributed by atoms with E-state index in [1.807, 2.05) is 0 Å². The highest BCUT2D eigenvalue weighted by atomic mass is 16.3. The molecule has 0 saturated heterocycles. The minimum absolute atomic E-state index is 0.00697. The molecule has 1 aromatic heterocycles. The largest absolute Gasteiger partial charge is 0.468 e. The van der Waals surface area contributed by atoms with Gasteiger partial charge in [0.15, 0.2) is 0 Å². The number of anilines is 5. The molecule has 6 aromatic carbocycles. The van der Waals surface area contributed by atoms with Crippen LogP contribution in [0.25, 0.3) is 33.2 Å². The van der Waals surface area contributed by atoms with Crippen molar-refractivity contribution >= 4 is 80.5 Å². The number of benzene rings is 6. The highest BCUT2D eigenvalue weighted by Gasteiger charge is 2.54. The number of rotatable bonds is 9. The molecule has 5 heteroatoms. The second-order valence-electron chi connectivity index (χ2n) is 21.8. The Kier molecular flexibility index (Phi) is 8.69. The van der Waals surface area contributed by atoms with Gasteiger partial charge in [0.25, 0.3) is 6.71 Å². The summed E-state index contributed by atoms with van der Waals surface area (Å²) in [5.74, 6) is 0. The first kappa shape index (κ1) is 40.4. The molecule has 0 unspecified atom stereocenters. The Bertz CT molecular complexity index is 3040. The minimum atomic E-state index is -0.0927. The predicted octanol–water partition coefficient (Wildman–Crippen LogP) is 12.7. The lowest BCUT2D eigenvalue weighted by molar-refractivity contribution is 0.506. The van der Waals surface area contributed by atoms with Gasteiger partial charge in [-0.15, -0.1) is 0 Å². The summed E-state index contributed by atoms with van der Waals surface area (Å²) in [7, 11) is 0. The third-order valence-corrected chi connectivity index (χ3v) is 17.1. The fraction of sp³-hybridized carbons (Fsp3) is 0.345. The molecule has 0 saturated carbocycles. The number of hydrogen-bond donors (Lipinski definition) is 0. The van der Waals surface area contributed by atoms with Gasteiger partial charge in [0, 0.05) is 39.3 Å². The molecule has 0 amide bonds. The van der Waals surface area contributed by atoms with Crippen molar-refractivity contribution in [2.45, 2.75) is 130 Å². The van der Waals surface area contributed by atoms with Crippen molar-refractivity contribution in [3.05, 3.63) is 131 Å². The third-order valence-electron chi connectivity index (χ3n) is 17.1. The zero-order valence-corrected chi connectivity index (χ0v) is 39.7. The van der Waals surface area contributed by atoms with E-state index in [0.717, 1.165) is 53.7 Å². The summed E-state index contributed by atoms with van der Waals surface area (Å²) in [5, 5.41) is 1.15. The van der Waals surface area contributed by atoms with Gasteiger partial charge in [0.1, 0.15) is 5.58 Å². The molecule has 0 N–H and O–H groups in total. The second-order valence-corrected chi connectivity index (χ2v) is 21.8. The molecule has 5 heterocycles. The Morgan fingerprint density at radius 3 is 1.62 bits per heavy atom. The van der Waals surface area contributed by atoms with Crippen LogP contribution in [-0.2, 0) is 21.7 Å². The van der Waals surface area contributed by atoms with Gasteiger partial charge in [-0.2, -0.15) is 0 Å². The summed E-state index contributed by atoms with van der Waals surface area (Å²) in [6, 6.07) is 43.2. The van der Waals surface area contributed by atoms with Gasteiger partial charge in [-0.05, 0) is 139 Å². The fourth-order valence-electron chi connectivity index (χ4n) is 11.2. The van der Waals surface area contributed by atoms with Crippen LogP contribution in [0, 0.1) is 0 Å². The van der Waals surface area contributed by atoms with E-state index in [2.05, 4.69) is 202 Å². The van der Waals surface area contributed by atoms with Crippen LogP contribution in [-0.4, -0.2) is 13.6 Å². The Morgan fingerprint density at radius 1 is 0.476 bits per heavy atom. The lowest BCUT2D eigenvalue weighted by atomic mass is 9.31. The van der Waals surface area contributed by atoms with Gasteiger partial charge in [-0.25, -0.2) is 0 Å². The van der Waals surface area contributed by atoms with Crippen LogP contribution >= 0.6 is 0 Å². The SMILES string of the molecule is CCC(C)(C)c1ccc(N2c3ccc4c5c3B(c3cc(C(C)(C)CC)cc6c3N5B(c3cc(C(C)(C)CC)ccc3-6)c3cc(C(C)(C)CC)ccc3-4)c3oc4ccccc4c32)cc1. The van der Waals surface area contributed by atoms with Gasteiger partial charge in [-0.3, -0.25) is 0 Å². The first-order valence-electron chi connectivity index (χ1n) is 23.9. The summed E-state index contributed by atoms with van der Waals surface area (Å²) in [6.07, 6.45) is 4.28. The summed E-state index contributed by atoms with van der Waals surface area (Å²) < 4.78 is 7.32. The van der Waals surface area contributed by atoms with Crippen molar-refractivity contribution < 1.29 is 4.42 Å². The lowest BCUT2D eigenvalue weighted by Crippen LogP contribution is -2.69.